The number of hydrogen-bond donors (Lipinski definition) is 1. The van der Waals surface area contributed by atoms with Gasteiger partial charge in [-0.2, -0.15) is 5.26 Å². The number of carbonyl (C=O) groups is 2. The molecular formula is C16H12N2O3. The van der Waals surface area contributed by atoms with E-state index >= 15 is 0 Å². The zero-order valence-corrected chi connectivity index (χ0v) is 11.1. The molecule has 5 nitrogen and oxygen atoms in total. The van der Waals surface area contributed by atoms with Gasteiger partial charge in [0, 0.05) is 6.54 Å². The van der Waals surface area contributed by atoms with E-state index in [1.165, 1.54) is 12.1 Å². The quantitative estimate of drug-likeness (QED) is 0.685. The summed E-state index contributed by atoms with van der Waals surface area (Å²) in [5.41, 5.74) is 6.98. The summed E-state index contributed by atoms with van der Waals surface area (Å²) in [6.07, 6.45) is 0. The molecule has 2 rings (SSSR count). The fourth-order valence-corrected chi connectivity index (χ4v) is 1.74. The van der Waals surface area contributed by atoms with Crippen molar-refractivity contribution in [1.82, 2.24) is 0 Å². The lowest BCUT2D eigenvalue weighted by Gasteiger charge is -2.04. The Hall–Kier alpha value is -2.97. The Morgan fingerprint density at radius 2 is 1.67 bits per heavy atom. The highest BCUT2D eigenvalue weighted by Gasteiger charge is 2.15. The third kappa shape index (κ3) is 3.53. The van der Waals surface area contributed by atoms with Crippen LogP contribution in [0.2, 0.25) is 0 Å². The van der Waals surface area contributed by atoms with Crippen molar-refractivity contribution in [3.05, 3.63) is 70.8 Å². The van der Waals surface area contributed by atoms with Gasteiger partial charge in [0.25, 0.3) is 0 Å². The van der Waals surface area contributed by atoms with Crippen LogP contribution >= 0.6 is 0 Å². The van der Waals surface area contributed by atoms with Crippen molar-refractivity contribution < 1.29 is 14.3 Å². The van der Waals surface area contributed by atoms with Crippen LogP contribution in [0, 0.1) is 11.3 Å². The lowest BCUT2D eigenvalue weighted by Crippen LogP contribution is -2.13. The summed E-state index contributed by atoms with van der Waals surface area (Å²) in [4.78, 5) is 23.8. The Balaban J connectivity index is 2.15. The van der Waals surface area contributed by atoms with Crippen LogP contribution in [-0.2, 0) is 11.3 Å². The van der Waals surface area contributed by atoms with E-state index in [2.05, 4.69) is 0 Å². The Kier molecular flexibility index (Phi) is 4.44. The Morgan fingerprint density at radius 1 is 1.05 bits per heavy atom. The predicted molar refractivity (Wildman–Crippen MR) is 75.2 cm³/mol. The fraction of sp³-hybridized carbons (Fsp3) is 0.0625. The van der Waals surface area contributed by atoms with Crippen LogP contribution < -0.4 is 5.73 Å². The normalized spacial score (nSPS) is 9.71. The summed E-state index contributed by atoms with van der Waals surface area (Å²) in [6, 6.07) is 14.4. The van der Waals surface area contributed by atoms with Gasteiger partial charge in [-0.1, -0.05) is 18.2 Å². The van der Waals surface area contributed by atoms with Gasteiger partial charge >= 0.3 is 11.9 Å². The largest absolute Gasteiger partial charge is 0.386 e. The molecular weight excluding hydrogens is 268 g/mol. The van der Waals surface area contributed by atoms with Crippen molar-refractivity contribution in [2.24, 2.45) is 5.73 Å². The predicted octanol–water partition coefficient (Wildman–Crippen LogP) is 2.01. The minimum absolute atomic E-state index is 0.150. The fourth-order valence-electron chi connectivity index (χ4n) is 1.74. The van der Waals surface area contributed by atoms with Gasteiger partial charge in [-0.25, -0.2) is 9.59 Å². The maximum Gasteiger partial charge on any atom is 0.346 e. The minimum Gasteiger partial charge on any atom is -0.386 e. The summed E-state index contributed by atoms with van der Waals surface area (Å²) in [7, 11) is 0. The molecule has 2 aromatic rings. The number of nitrogens with zero attached hydrogens (tertiary/aromatic N) is 1. The second kappa shape index (κ2) is 6.46. The highest BCUT2D eigenvalue weighted by molar-refractivity contribution is 6.02. The van der Waals surface area contributed by atoms with E-state index in [0.29, 0.717) is 12.1 Å². The van der Waals surface area contributed by atoms with Crippen molar-refractivity contribution in [3.63, 3.8) is 0 Å². The van der Waals surface area contributed by atoms with Crippen LogP contribution in [0.4, 0.5) is 0 Å². The van der Waals surface area contributed by atoms with Gasteiger partial charge in [0.2, 0.25) is 0 Å². The molecule has 21 heavy (non-hydrogen) atoms. The van der Waals surface area contributed by atoms with Gasteiger partial charge < -0.3 is 10.5 Å². The van der Waals surface area contributed by atoms with E-state index < -0.39 is 11.9 Å². The first-order chi connectivity index (χ1) is 10.1. The molecule has 0 amide bonds. The summed E-state index contributed by atoms with van der Waals surface area (Å²) in [5, 5.41) is 8.78. The standard InChI is InChI=1S/C16H12N2O3/c17-9-11-3-1-5-13(7-11)15(19)21-16(20)14-6-2-4-12(8-14)10-18/h1-8H,9,17H2. The van der Waals surface area contributed by atoms with Crippen LogP contribution in [0.5, 0.6) is 0 Å². The summed E-state index contributed by atoms with van der Waals surface area (Å²) in [5.74, 6) is -1.55. The topological polar surface area (TPSA) is 93.2 Å². The molecule has 0 unspecified atom stereocenters. The third-order valence-electron chi connectivity index (χ3n) is 2.81. The van der Waals surface area contributed by atoms with E-state index in [-0.39, 0.29) is 11.1 Å². The highest BCUT2D eigenvalue weighted by Crippen LogP contribution is 2.10. The van der Waals surface area contributed by atoms with Crippen LogP contribution in [0.15, 0.2) is 48.5 Å². The van der Waals surface area contributed by atoms with Gasteiger partial charge in [-0.05, 0) is 35.9 Å². The van der Waals surface area contributed by atoms with E-state index in [0.717, 1.165) is 5.56 Å². The molecule has 5 heteroatoms. The molecule has 2 aromatic carbocycles. The smallest absolute Gasteiger partial charge is 0.346 e. The lowest BCUT2D eigenvalue weighted by atomic mass is 10.1. The molecule has 0 spiro atoms. The molecule has 2 N–H and O–H groups in total. The highest BCUT2D eigenvalue weighted by atomic mass is 16.6. The molecule has 0 aliphatic rings. The molecule has 0 fully saturated rings. The number of nitriles is 1. The maximum atomic E-state index is 11.9. The van der Waals surface area contributed by atoms with Gasteiger partial charge in [0.1, 0.15) is 0 Å². The van der Waals surface area contributed by atoms with E-state index in [1.807, 2.05) is 6.07 Å². The maximum absolute atomic E-state index is 11.9. The average molecular weight is 280 g/mol. The van der Waals surface area contributed by atoms with Gasteiger partial charge in [-0.3, -0.25) is 0 Å². The van der Waals surface area contributed by atoms with Crippen molar-refractivity contribution in [1.29, 1.82) is 5.26 Å². The number of nitrogens with two attached hydrogens (primary N) is 1. The van der Waals surface area contributed by atoms with Crippen LogP contribution in [0.3, 0.4) is 0 Å². The van der Waals surface area contributed by atoms with Gasteiger partial charge in [-0.15, -0.1) is 0 Å². The number of rotatable bonds is 3. The molecule has 104 valence electrons. The van der Waals surface area contributed by atoms with Gasteiger partial charge in [0.05, 0.1) is 22.8 Å². The molecule has 0 saturated carbocycles. The second-order valence-corrected chi connectivity index (χ2v) is 4.27. The number of hydrogen-bond acceptors (Lipinski definition) is 5. The van der Waals surface area contributed by atoms with Crippen molar-refractivity contribution in [3.8, 4) is 6.07 Å². The third-order valence-corrected chi connectivity index (χ3v) is 2.81. The van der Waals surface area contributed by atoms with E-state index in [9.17, 15) is 9.59 Å². The molecule has 0 atom stereocenters. The summed E-state index contributed by atoms with van der Waals surface area (Å²) in [6.45, 7) is 0.291. The molecule has 0 radical (unpaired) electrons. The minimum atomic E-state index is -0.796. The number of ether oxygens (including phenoxy) is 1. The average Bonchev–Trinajstić information content (AvgIpc) is 2.54. The number of carbonyl (C=O) groups excluding carboxylic acids is 2. The Labute approximate surface area is 121 Å². The van der Waals surface area contributed by atoms with Crippen LogP contribution in [0.1, 0.15) is 31.8 Å². The SMILES string of the molecule is N#Cc1cccc(C(=O)OC(=O)c2cccc(CN)c2)c1. The first-order valence-corrected chi connectivity index (χ1v) is 6.19. The summed E-state index contributed by atoms with van der Waals surface area (Å²) >= 11 is 0. The molecule has 0 saturated heterocycles. The Bertz CT molecular complexity index is 732. The number of benzene rings is 2. The van der Waals surface area contributed by atoms with Crippen LogP contribution in [0.25, 0.3) is 0 Å². The number of esters is 2. The molecule has 0 heterocycles. The van der Waals surface area contributed by atoms with Crippen molar-refractivity contribution >= 4 is 11.9 Å². The zero-order chi connectivity index (χ0) is 15.2. The first kappa shape index (κ1) is 14.4. The molecule has 0 aliphatic heterocycles. The monoisotopic (exact) mass is 280 g/mol. The summed E-state index contributed by atoms with van der Waals surface area (Å²) < 4.78 is 4.79. The van der Waals surface area contributed by atoms with Gasteiger partial charge in [0.15, 0.2) is 0 Å². The van der Waals surface area contributed by atoms with Crippen molar-refractivity contribution in [2.75, 3.05) is 0 Å². The first-order valence-electron chi connectivity index (χ1n) is 6.19. The second-order valence-electron chi connectivity index (χ2n) is 4.27. The van der Waals surface area contributed by atoms with Crippen molar-refractivity contribution in [2.45, 2.75) is 6.54 Å². The molecule has 0 aliphatic carbocycles. The lowest BCUT2D eigenvalue weighted by molar-refractivity contribution is 0.0397. The molecule has 0 bridgehead atoms. The van der Waals surface area contributed by atoms with E-state index in [1.54, 1.807) is 36.4 Å². The Morgan fingerprint density at radius 3 is 2.29 bits per heavy atom. The van der Waals surface area contributed by atoms with E-state index in [4.69, 9.17) is 15.7 Å². The zero-order valence-electron chi connectivity index (χ0n) is 11.1. The van der Waals surface area contributed by atoms with Crippen LogP contribution in [-0.4, -0.2) is 11.9 Å². The molecule has 0 aromatic heterocycles.